The summed E-state index contributed by atoms with van der Waals surface area (Å²) in [4.78, 5) is 11.7. The second-order valence-electron chi connectivity index (χ2n) is 4.95. The molecule has 0 radical (unpaired) electrons. The first-order valence-corrected chi connectivity index (χ1v) is 7.00. The van der Waals surface area contributed by atoms with Crippen molar-refractivity contribution in [1.82, 2.24) is 5.32 Å². The van der Waals surface area contributed by atoms with E-state index in [1.807, 2.05) is 5.32 Å². The molecule has 2 aromatic carbocycles. The Labute approximate surface area is 148 Å². The molecule has 0 aliphatic rings. The van der Waals surface area contributed by atoms with Gasteiger partial charge in [0.1, 0.15) is 6.61 Å². The van der Waals surface area contributed by atoms with E-state index in [-0.39, 0.29) is 24.6 Å². The first kappa shape index (κ1) is 20.6. The van der Waals surface area contributed by atoms with Crippen LogP contribution in [0.15, 0.2) is 54.6 Å². The number of hydrazine groups is 1. The molecule has 0 spiro atoms. The van der Waals surface area contributed by atoms with Crippen molar-refractivity contribution in [3.05, 3.63) is 65.7 Å². The third kappa shape index (κ3) is 6.17. The van der Waals surface area contributed by atoms with E-state index in [1.54, 1.807) is 30.3 Å². The molecule has 5 nitrogen and oxygen atoms in total. The number of rotatable bonds is 5. The Kier molecular flexibility index (Phi) is 7.53. The Morgan fingerprint density at radius 1 is 1.08 bits per heavy atom. The summed E-state index contributed by atoms with van der Waals surface area (Å²) >= 11 is 0. The van der Waals surface area contributed by atoms with Crippen molar-refractivity contribution < 1.29 is 22.7 Å². The summed E-state index contributed by atoms with van der Waals surface area (Å²) in [6.07, 6.45) is -5.81. The topological polar surface area (TPSA) is 76.4 Å². The smallest absolute Gasteiger partial charge is 0.412 e. The van der Waals surface area contributed by atoms with Gasteiger partial charge in [0.2, 0.25) is 0 Å². The van der Waals surface area contributed by atoms with Crippen LogP contribution in [0.2, 0.25) is 0 Å². The third-order valence-corrected chi connectivity index (χ3v) is 3.21. The molecule has 1 unspecified atom stereocenters. The number of nitrogens with two attached hydrogens (primary N) is 1. The van der Waals surface area contributed by atoms with Crippen LogP contribution in [0.5, 0.6) is 0 Å². The highest BCUT2D eigenvalue weighted by atomic mass is 35.5. The van der Waals surface area contributed by atoms with Gasteiger partial charge in [-0.1, -0.05) is 42.5 Å². The minimum absolute atomic E-state index is 0. The van der Waals surface area contributed by atoms with Gasteiger partial charge in [0.15, 0.2) is 6.04 Å². The van der Waals surface area contributed by atoms with Gasteiger partial charge >= 0.3 is 12.3 Å². The fourth-order valence-corrected chi connectivity index (χ4v) is 2.01. The Balaban J connectivity index is 0.00000312. The summed E-state index contributed by atoms with van der Waals surface area (Å²) in [6, 6.07) is 11.7. The fraction of sp³-hybridized carbons (Fsp3) is 0.188. The highest BCUT2D eigenvalue weighted by molar-refractivity contribution is 5.85. The molecule has 0 fully saturated rings. The highest BCUT2D eigenvalue weighted by Crippen LogP contribution is 2.33. The lowest BCUT2D eigenvalue weighted by Crippen LogP contribution is -2.38. The van der Waals surface area contributed by atoms with Crippen molar-refractivity contribution >= 4 is 24.2 Å². The molecule has 0 aliphatic heterocycles. The highest BCUT2D eigenvalue weighted by Gasteiger charge is 2.42. The average molecular weight is 376 g/mol. The molecule has 9 heteroatoms. The number of anilines is 1. The Hall–Kier alpha value is -2.45. The van der Waals surface area contributed by atoms with Crippen molar-refractivity contribution in [2.75, 3.05) is 5.43 Å². The number of alkyl carbamates (subject to hydrolysis) is 1. The van der Waals surface area contributed by atoms with Crippen molar-refractivity contribution in [1.29, 1.82) is 0 Å². The Bertz CT molecular complexity index is 667. The standard InChI is InChI=1S/C16H16F3N3O2.ClH/c17-16(18,19)14(12-6-8-13(22-20)9-7-12)21-15(23)24-10-11-4-2-1-3-5-11;/h1-9,14,22H,10,20H2,(H,21,23);1H. The molecule has 2 rings (SSSR count). The molecular formula is C16H17ClF3N3O2. The van der Waals surface area contributed by atoms with Crippen LogP contribution in [-0.4, -0.2) is 12.3 Å². The van der Waals surface area contributed by atoms with E-state index in [4.69, 9.17) is 10.6 Å². The number of hydrogen-bond acceptors (Lipinski definition) is 4. The summed E-state index contributed by atoms with van der Waals surface area (Å²) in [6.45, 7) is -0.118. The van der Waals surface area contributed by atoms with Crippen LogP contribution in [0.3, 0.4) is 0 Å². The van der Waals surface area contributed by atoms with Crippen molar-refractivity contribution in [2.24, 2.45) is 5.84 Å². The predicted molar refractivity (Wildman–Crippen MR) is 90.1 cm³/mol. The van der Waals surface area contributed by atoms with E-state index in [0.717, 1.165) is 0 Å². The van der Waals surface area contributed by atoms with Gasteiger partial charge in [-0.15, -0.1) is 12.4 Å². The van der Waals surface area contributed by atoms with Crippen LogP contribution in [-0.2, 0) is 11.3 Å². The monoisotopic (exact) mass is 375 g/mol. The van der Waals surface area contributed by atoms with Crippen molar-refractivity contribution in [3.8, 4) is 0 Å². The lowest BCUT2D eigenvalue weighted by Gasteiger charge is -2.22. The summed E-state index contributed by atoms with van der Waals surface area (Å²) in [5, 5.41) is 1.84. The number of nitrogen functional groups attached to an aromatic ring is 1. The average Bonchev–Trinajstić information content (AvgIpc) is 2.58. The molecule has 25 heavy (non-hydrogen) atoms. The molecule has 0 saturated carbocycles. The van der Waals surface area contributed by atoms with Gasteiger partial charge < -0.3 is 15.5 Å². The van der Waals surface area contributed by atoms with E-state index in [0.29, 0.717) is 11.3 Å². The molecule has 1 amide bonds. The second kappa shape index (κ2) is 9.14. The summed E-state index contributed by atoms with van der Waals surface area (Å²) < 4.78 is 44.4. The number of carbonyl (C=O) groups excluding carboxylic acids is 1. The first-order valence-electron chi connectivity index (χ1n) is 7.00. The normalized spacial score (nSPS) is 11.8. The van der Waals surface area contributed by atoms with Gasteiger partial charge in [-0.25, -0.2) is 4.79 Å². The zero-order valence-corrected chi connectivity index (χ0v) is 13.7. The Morgan fingerprint density at radius 3 is 2.20 bits per heavy atom. The van der Waals surface area contributed by atoms with E-state index >= 15 is 0 Å². The summed E-state index contributed by atoms with van der Waals surface area (Å²) in [7, 11) is 0. The molecule has 0 heterocycles. The van der Waals surface area contributed by atoms with E-state index in [2.05, 4.69) is 5.43 Å². The van der Waals surface area contributed by atoms with Crippen molar-refractivity contribution in [3.63, 3.8) is 0 Å². The number of benzene rings is 2. The fourth-order valence-electron chi connectivity index (χ4n) is 2.01. The summed E-state index contributed by atoms with van der Waals surface area (Å²) in [5.41, 5.74) is 3.32. The first-order chi connectivity index (χ1) is 11.4. The van der Waals surface area contributed by atoms with Crippen LogP contribution in [0.4, 0.5) is 23.7 Å². The maximum absolute atomic E-state index is 13.2. The van der Waals surface area contributed by atoms with Crippen LogP contribution < -0.4 is 16.6 Å². The molecule has 136 valence electrons. The number of nitrogens with one attached hydrogen (secondary N) is 2. The van der Waals surface area contributed by atoms with Crippen LogP contribution in [0, 0.1) is 0 Å². The maximum atomic E-state index is 13.2. The van der Waals surface area contributed by atoms with E-state index in [9.17, 15) is 18.0 Å². The zero-order valence-electron chi connectivity index (χ0n) is 12.9. The molecule has 2 aromatic rings. The molecule has 4 N–H and O–H groups in total. The number of hydrogen-bond donors (Lipinski definition) is 3. The molecule has 0 aliphatic carbocycles. The van der Waals surface area contributed by atoms with Crippen LogP contribution in [0.1, 0.15) is 17.2 Å². The van der Waals surface area contributed by atoms with E-state index < -0.39 is 18.3 Å². The van der Waals surface area contributed by atoms with Gasteiger partial charge in [0.25, 0.3) is 0 Å². The largest absolute Gasteiger partial charge is 0.445 e. The minimum Gasteiger partial charge on any atom is -0.445 e. The minimum atomic E-state index is -4.66. The quantitative estimate of drug-likeness (QED) is 0.547. The van der Waals surface area contributed by atoms with Gasteiger partial charge in [0.05, 0.1) is 0 Å². The zero-order chi connectivity index (χ0) is 17.6. The van der Waals surface area contributed by atoms with Crippen molar-refractivity contribution in [2.45, 2.75) is 18.8 Å². The molecule has 0 saturated heterocycles. The lowest BCUT2D eigenvalue weighted by molar-refractivity contribution is -0.156. The number of amides is 1. The number of carbonyl (C=O) groups is 1. The summed E-state index contributed by atoms with van der Waals surface area (Å²) in [5.74, 6) is 5.18. The predicted octanol–water partition coefficient (Wildman–Crippen LogP) is 3.92. The van der Waals surface area contributed by atoms with Crippen LogP contribution in [0.25, 0.3) is 0 Å². The SMILES string of the molecule is Cl.NNc1ccc(C(NC(=O)OCc2ccccc2)C(F)(F)F)cc1. The lowest BCUT2D eigenvalue weighted by atomic mass is 10.1. The number of alkyl halides is 3. The second-order valence-corrected chi connectivity index (χ2v) is 4.95. The van der Waals surface area contributed by atoms with Gasteiger partial charge in [0, 0.05) is 5.69 Å². The van der Waals surface area contributed by atoms with Gasteiger partial charge in [-0.3, -0.25) is 5.84 Å². The van der Waals surface area contributed by atoms with Crippen LogP contribution >= 0.6 is 12.4 Å². The third-order valence-electron chi connectivity index (χ3n) is 3.21. The number of halogens is 4. The molecule has 1 atom stereocenters. The van der Waals surface area contributed by atoms with Gasteiger partial charge in [-0.05, 0) is 23.3 Å². The Morgan fingerprint density at radius 2 is 1.68 bits per heavy atom. The molecule has 0 aromatic heterocycles. The molecule has 0 bridgehead atoms. The van der Waals surface area contributed by atoms with E-state index in [1.165, 1.54) is 24.3 Å². The number of ether oxygens (including phenoxy) is 1. The molecular weight excluding hydrogens is 359 g/mol. The maximum Gasteiger partial charge on any atom is 0.412 e. The van der Waals surface area contributed by atoms with Gasteiger partial charge in [-0.2, -0.15) is 13.2 Å².